The van der Waals surface area contributed by atoms with E-state index in [1.807, 2.05) is 0 Å². The van der Waals surface area contributed by atoms with Gasteiger partial charge in [0.1, 0.15) is 0 Å². The lowest BCUT2D eigenvalue weighted by Crippen LogP contribution is -1.89. The van der Waals surface area contributed by atoms with Gasteiger partial charge in [-0.15, -0.1) is 0 Å². The highest BCUT2D eigenvalue weighted by Crippen LogP contribution is 2.13. The van der Waals surface area contributed by atoms with Gasteiger partial charge in [-0.1, -0.05) is 79.1 Å². The summed E-state index contributed by atoms with van der Waals surface area (Å²) >= 11 is -1.72. The van der Waals surface area contributed by atoms with Crippen molar-refractivity contribution in [3.05, 3.63) is 0 Å². The Morgan fingerprint density at radius 1 is 0.611 bits per heavy atom. The fraction of sp³-hybridized carbons (Fsp3) is 1.00. The third-order valence-electron chi connectivity index (χ3n) is 2.81. The van der Waals surface area contributed by atoms with E-state index < -0.39 is 11.4 Å². The Labute approximate surface area is 132 Å². The Morgan fingerprint density at radius 3 is 1.06 bits per heavy atom. The summed E-state index contributed by atoms with van der Waals surface area (Å²) in [4.78, 5) is 0. The predicted octanol–water partition coefficient (Wildman–Crippen LogP) is 7.11. The largest absolute Gasteiger partial charge is 0.643 e. The zero-order chi connectivity index (χ0) is 14.4. The molecule has 0 amide bonds. The van der Waals surface area contributed by atoms with Gasteiger partial charge in [0, 0.05) is 0 Å². The number of hydrogen-bond acceptors (Lipinski definition) is 0. The molecular weight excluding hydrogens is 301 g/mol. The SMILES string of the molecule is CC(C)CCCCCCCCC(C)C.[Cl][Al]([Cl])[Cl]. The molecule has 0 bridgehead atoms. The molecule has 110 valence electrons. The molecule has 0 aromatic rings. The molecule has 0 nitrogen and oxygen atoms in total. The molecule has 0 aromatic heterocycles. The Kier molecular flexibility index (Phi) is 19.8. The molecule has 0 aliphatic rings. The fourth-order valence-corrected chi connectivity index (χ4v) is 1.81. The van der Waals surface area contributed by atoms with Gasteiger partial charge >= 0.3 is 11.4 Å². The van der Waals surface area contributed by atoms with E-state index in [0.29, 0.717) is 0 Å². The first-order chi connectivity index (χ1) is 8.36. The molecule has 18 heavy (non-hydrogen) atoms. The lowest BCUT2D eigenvalue weighted by atomic mass is 10.0. The van der Waals surface area contributed by atoms with Crippen molar-refractivity contribution in [1.29, 1.82) is 0 Å². The molecular formula is C14H30AlCl3. The molecule has 0 saturated heterocycles. The molecule has 0 spiro atoms. The van der Waals surface area contributed by atoms with E-state index in [0.717, 1.165) is 11.8 Å². The van der Waals surface area contributed by atoms with Crippen LogP contribution in [0.1, 0.15) is 79.1 Å². The molecule has 0 fully saturated rings. The summed E-state index contributed by atoms with van der Waals surface area (Å²) in [5.74, 6) is 1.80. The second-order valence-corrected chi connectivity index (χ2v) is 12.2. The molecule has 0 atom stereocenters. The van der Waals surface area contributed by atoms with Crippen LogP contribution in [0.25, 0.3) is 0 Å². The Hall–Kier alpha value is 1.40. The summed E-state index contributed by atoms with van der Waals surface area (Å²) in [6.07, 6.45) is 11.6. The average Bonchev–Trinajstić information content (AvgIpc) is 2.20. The number of rotatable bonds is 9. The monoisotopic (exact) mass is 330 g/mol. The molecule has 0 unspecified atom stereocenters. The van der Waals surface area contributed by atoms with Crippen molar-refractivity contribution >= 4 is 41.5 Å². The van der Waals surface area contributed by atoms with Crippen molar-refractivity contribution in [2.75, 3.05) is 0 Å². The highest BCUT2D eigenvalue weighted by molar-refractivity contribution is 7.54. The minimum Gasteiger partial charge on any atom is -0.214 e. The number of unbranched alkanes of at least 4 members (excludes halogenated alkanes) is 5. The summed E-state index contributed by atoms with van der Waals surface area (Å²) in [6.45, 7) is 9.29. The van der Waals surface area contributed by atoms with Crippen LogP contribution >= 0.6 is 30.1 Å². The fourth-order valence-electron chi connectivity index (χ4n) is 1.81. The van der Waals surface area contributed by atoms with Crippen LogP contribution in [0.2, 0.25) is 0 Å². The van der Waals surface area contributed by atoms with Crippen molar-refractivity contribution in [2.24, 2.45) is 11.8 Å². The zero-order valence-electron chi connectivity index (χ0n) is 12.5. The quantitative estimate of drug-likeness (QED) is 0.312. The van der Waals surface area contributed by atoms with Crippen molar-refractivity contribution in [3.63, 3.8) is 0 Å². The maximum Gasteiger partial charge on any atom is 0.643 e. The minimum atomic E-state index is -1.72. The van der Waals surface area contributed by atoms with Gasteiger partial charge in [0.05, 0.1) is 0 Å². The number of hydrogen-bond donors (Lipinski definition) is 0. The predicted molar refractivity (Wildman–Crippen MR) is 89.9 cm³/mol. The van der Waals surface area contributed by atoms with E-state index in [-0.39, 0.29) is 0 Å². The molecule has 0 aromatic carbocycles. The molecule has 4 heteroatoms. The van der Waals surface area contributed by atoms with E-state index in [2.05, 4.69) is 27.7 Å². The molecule has 0 aliphatic heterocycles. The summed E-state index contributed by atoms with van der Waals surface area (Å²) < 4.78 is 0. The van der Waals surface area contributed by atoms with Gasteiger partial charge in [0.15, 0.2) is 0 Å². The van der Waals surface area contributed by atoms with Crippen molar-refractivity contribution in [2.45, 2.75) is 79.1 Å². The second kappa shape index (κ2) is 16.5. The Balaban J connectivity index is 0. The van der Waals surface area contributed by atoms with Crippen LogP contribution in [0.3, 0.4) is 0 Å². The first kappa shape index (κ1) is 21.7. The molecule has 0 rings (SSSR count). The van der Waals surface area contributed by atoms with Crippen molar-refractivity contribution in [3.8, 4) is 0 Å². The third-order valence-corrected chi connectivity index (χ3v) is 2.81. The topological polar surface area (TPSA) is 0 Å². The smallest absolute Gasteiger partial charge is 0.214 e. The van der Waals surface area contributed by atoms with Gasteiger partial charge in [0.25, 0.3) is 0 Å². The molecule has 0 saturated carbocycles. The van der Waals surface area contributed by atoms with Crippen LogP contribution < -0.4 is 0 Å². The van der Waals surface area contributed by atoms with E-state index in [9.17, 15) is 0 Å². The van der Waals surface area contributed by atoms with E-state index in [1.165, 1.54) is 51.4 Å². The zero-order valence-corrected chi connectivity index (χ0v) is 15.9. The van der Waals surface area contributed by atoms with Crippen LogP contribution in [0.5, 0.6) is 0 Å². The second-order valence-electron chi connectivity index (χ2n) is 5.73. The van der Waals surface area contributed by atoms with Crippen LogP contribution in [-0.4, -0.2) is 11.4 Å². The summed E-state index contributed by atoms with van der Waals surface area (Å²) in [5.41, 5.74) is 0. The van der Waals surface area contributed by atoms with Crippen LogP contribution in [-0.2, 0) is 0 Å². The summed E-state index contributed by atoms with van der Waals surface area (Å²) in [5, 5.41) is 0. The van der Waals surface area contributed by atoms with E-state index in [1.54, 1.807) is 0 Å². The first-order valence-electron chi connectivity index (χ1n) is 7.28. The third kappa shape index (κ3) is 30.4. The molecule has 0 radical (unpaired) electrons. The van der Waals surface area contributed by atoms with Crippen molar-refractivity contribution < 1.29 is 0 Å². The minimum absolute atomic E-state index is 0.899. The summed E-state index contributed by atoms with van der Waals surface area (Å²) in [6, 6.07) is 0. The van der Waals surface area contributed by atoms with E-state index >= 15 is 0 Å². The highest BCUT2D eigenvalue weighted by atomic mass is 35.8. The lowest BCUT2D eigenvalue weighted by molar-refractivity contribution is 0.490. The molecule has 0 heterocycles. The van der Waals surface area contributed by atoms with Crippen LogP contribution in [0.4, 0.5) is 0 Å². The average molecular weight is 332 g/mol. The van der Waals surface area contributed by atoms with Gasteiger partial charge < -0.3 is 0 Å². The highest BCUT2D eigenvalue weighted by Gasteiger charge is 2.00. The number of halogens is 3. The maximum absolute atomic E-state index is 4.94. The van der Waals surface area contributed by atoms with Gasteiger partial charge in [-0.05, 0) is 11.8 Å². The Morgan fingerprint density at radius 2 is 0.833 bits per heavy atom. The molecule has 0 N–H and O–H groups in total. The Bertz CT molecular complexity index is 133. The van der Waals surface area contributed by atoms with Crippen molar-refractivity contribution in [1.82, 2.24) is 0 Å². The lowest BCUT2D eigenvalue weighted by Gasteiger charge is -2.05. The van der Waals surface area contributed by atoms with Crippen LogP contribution in [0.15, 0.2) is 0 Å². The normalized spacial score (nSPS) is 10.5. The van der Waals surface area contributed by atoms with Gasteiger partial charge in [-0.3, -0.25) is 0 Å². The molecule has 0 aliphatic carbocycles. The standard InChI is InChI=1S/C14H30.Al.3ClH/c1-13(2)11-9-7-5-6-8-10-12-14(3)4;;;;/h13-14H,5-12H2,1-4H3;;3*1H/q;+3;;;/p-3. The van der Waals surface area contributed by atoms with Gasteiger partial charge in [-0.2, -0.15) is 0 Å². The van der Waals surface area contributed by atoms with Gasteiger partial charge in [-0.25, -0.2) is 30.1 Å². The maximum atomic E-state index is 4.94. The van der Waals surface area contributed by atoms with E-state index in [4.69, 9.17) is 30.1 Å². The summed E-state index contributed by atoms with van der Waals surface area (Å²) in [7, 11) is 14.8. The van der Waals surface area contributed by atoms with Gasteiger partial charge in [0.2, 0.25) is 0 Å². The first-order valence-corrected chi connectivity index (χ1v) is 12.5. The van der Waals surface area contributed by atoms with Crippen LogP contribution in [0, 0.1) is 11.8 Å².